The molecule has 0 heterocycles. The van der Waals surface area contributed by atoms with Crippen LogP contribution in [0.25, 0.3) is 0 Å². The van der Waals surface area contributed by atoms with Crippen molar-refractivity contribution in [1.29, 1.82) is 0 Å². The molecule has 0 aromatic heterocycles. The fraction of sp³-hybridized carbons (Fsp3) is 0. The third-order valence-electron chi connectivity index (χ3n) is 0. The van der Waals surface area contributed by atoms with Crippen molar-refractivity contribution in [3.63, 3.8) is 0 Å². The van der Waals surface area contributed by atoms with Gasteiger partial charge in [-0.3, -0.25) is 4.46 Å². The van der Waals surface area contributed by atoms with Crippen LogP contribution in [-0.2, 0) is 21.5 Å². The van der Waals surface area contributed by atoms with Crippen molar-refractivity contribution in [2.24, 2.45) is 0 Å². The Kier molecular flexibility index (Phi) is 25.8. The Morgan fingerprint density at radius 2 is 1.33 bits per heavy atom. The van der Waals surface area contributed by atoms with Crippen LogP contribution in [0.15, 0.2) is 0 Å². The molecule has 6 heavy (non-hydrogen) atoms. The van der Waals surface area contributed by atoms with Gasteiger partial charge in [0.05, 0.1) is 0 Å². The van der Waals surface area contributed by atoms with Gasteiger partial charge in [-0.2, -0.15) is 0 Å². The second kappa shape index (κ2) is 9.91. The van der Waals surface area contributed by atoms with Gasteiger partial charge in [0.15, 0.2) is 0 Å². The van der Waals surface area contributed by atoms with Crippen LogP contribution in [0.3, 0.4) is 0 Å². The Balaban J connectivity index is -0.0000000450. The van der Waals surface area contributed by atoms with Gasteiger partial charge in [0.1, 0.15) is 0 Å². The van der Waals surface area contributed by atoms with E-state index in [1.165, 1.54) is 0 Å². The molecule has 0 rings (SSSR count). The molecular weight excluding hydrogens is 171 g/mol. The van der Waals surface area contributed by atoms with Crippen molar-refractivity contribution in [3.8, 4) is 0 Å². The molecule has 0 amide bonds. The van der Waals surface area contributed by atoms with Gasteiger partial charge in [0.25, 0.3) is 0 Å². The molecule has 0 aliphatic carbocycles. The van der Waals surface area contributed by atoms with Gasteiger partial charge >= 0.3 is 60.6 Å². The van der Waals surface area contributed by atoms with E-state index in [1.807, 2.05) is 0 Å². The van der Waals surface area contributed by atoms with Crippen molar-refractivity contribution < 1.29 is 31.1 Å². The fourth-order valence-electron chi connectivity index (χ4n) is 0. The normalized spacial score (nSPS) is 4.00. The van der Waals surface area contributed by atoms with Crippen molar-refractivity contribution in [1.82, 2.24) is 0 Å². The topological polar surface area (TPSA) is 57.5 Å². The average Bonchev–Trinajstić information content (AvgIpc) is 0.811. The van der Waals surface area contributed by atoms with Gasteiger partial charge in [-0.1, -0.05) is 0 Å². The predicted molar refractivity (Wildman–Crippen MR) is 18.0 cm³/mol. The summed E-state index contributed by atoms with van der Waals surface area (Å²) in [6.07, 6.45) is 0. The van der Waals surface area contributed by atoms with Crippen LogP contribution in [-0.4, -0.2) is 70.1 Å². The number of rotatable bonds is 0. The Bertz CT molecular complexity index is 33.8. The third kappa shape index (κ3) is 41.8. The minimum absolute atomic E-state index is 0. The standard InChI is InChI=1S/Fe.K.H2O3Si.H/c;;1-4(2)3;/h;;1-2H;. The molecule has 0 spiro atoms. The van der Waals surface area contributed by atoms with Crippen molar-refractivity contribution >= 4 is 60.6 Å². The molecule has 0 radical (unpaired) electrons. The summed E-state index contributed by atoms with van der Waals surface area (Å²) < 4.78 is 8.74. The van der Waals surface area contributed by atoms with Gasteiger partial charge in [-0.05, 0) is 0 Å². The molecule has 0 aliphatic rings. The molecule has 0 fully saturated rings. The summed E-state index contributed by atoms with van der Waals surface area (Å²) in [5, 5.41) is 0. The fourth-order valence-corrected chi connectivity index (χ4v) is 0. The summed E-state index contributed by atoms with van der Waals surface area (Å²) in [5.41, 5.74) is 0. The molecule has 0 aromatic rings. The number of hydrogen-bond donors (Lipinski definition) is 2. The van der Waals surface area contributed by atoms with E-state index in [4.69, 9.17) is 14.1 Å². The van der Waals surface area contributed by atoms with Crippen LogP contribution in [0.4, 0.5) is 0 Å². The molecular formula is H3FeKO3Si. The third-order valence-corrected chi connectivity index (χ3v) is 0. The Morgan fingerprint density at radius 3 is 1.33 bits per heavy atom. The van der Waals surface area contributed by atoms with Crippen LogP contribution < -0.4 is 0 Å². The molecule has 34 valence electrons. The van der Waals surface area contributed by atoms with Gasteiger partial charge in [-0.15, -0.1) is 0 Å². The molecule has 0 aromatic carbocycles. The van der Waals surface area contributed by atoms with Gasteiger partial charge in [0, 0.05) is 17.1 Å². The van der Waals surface area contributed by atoms with Crippen molar-refractivity contribution in [2.45, 2.75) is 0 Å². The first kappa shape index (κ1) is 15.7. The summed E-state index contributed by atoms with van der Waals surface area (Å²) in [6, 6.07) is 0. The van der Waals surface area contributed by atoms with E-state index >= 15 is 0 Å². The van der Waals surface area contributed by atoms with Crippen LogP contribution in [0.1, 0.15) is 0 Å². The van der Waals surface area contributed by atoms with E-state index in [1.54, 1.807) is 0 Å². The second-order valence-electron chi connectivity index (χ2n) is 0.283. The van der Waals surface area contributed by atoms with Gasteiger partial charge < -0.3 is 9.59 Å². The summed E-state index contributed by atoms with van der Waals surface area (Å²) in [5.74, 6) is 0. The van der Waals surface area contributed by atoms with E-state index in [0.29, 0.717) is 0 Å². The first-order valence-corrected chi connectivity index (χ1v) is 1.95. The van der Waals surface area contributed by atoms with Crippen molar-refractivity contribution in [2.75, 3.05) is 0 Å². The quantitative estimate of drug-likeness (QED) is 0.407. The first-order valence-electron chi connectivity index (χ1n) is 0.651. The predicted octanol–water partition coefficient (Wildman–Crippen LogP) is -2.26. The monoisotopic (exact) mass is 174 g/mol. The zero-order valence-electron chi connectivity index (χ0n) is 2.16. The molecule has 0 saturated heterocycles. The molecule has 0 saturated carbocycles. The summed E-state index contributed by atoms with van der Waals surface area (Å²) in [6.45, 7) is 0. The van der Waals surface area contributed by atoms with E-state index in [0.717, 1.165) is 0 Å². The molecule has 0 atom stereocenters. The minimum atomic E-state index is -3.13. The van der Waals surface area contributed by atoms with Gasteiger partial charge in [-0.25, -0.2) is 0 Å². The van der Waals surface area contributed by atoms with E-state index in [-0.39, 0.29) is 68.5 Å². The van der Waals surface area contributed by atoms with Crippen molar-refractivity contribution in [3.05, 3.63) is 0 Å². The van der Waals surface area contributed by atoms with Crippen LogP contribution in [0, 0.1) is 0 Å². The zero-order chi connectivity index (χ0) is 3.58. The SMILES string of the molecule is O=[Si](O)O.[Fe].[KH]. The maximum absolute atomic E-state index is 8.74. The van der Waals surface area contributed by atoms with E-state index in [2.05, 4.69) is 0 Å². The second-order valence-corrected chi connectivity index (χ2v) is 0.848. The maximum atomic E-state index is 8.74. The molecule has 0 aliphatic heterocycles. The zero-order valence-corrected chi connectivity index (χ0v) is 4.26. The first-order chi connectivity index (χ1) is 1.73. The molecule has 6 heteroatoms. The molecule has 2 N–H and O–H groups in total. The van der Waals surface area contributed by atoms with Gasteiger partial charge in [0.2, 0.25) is 0 Å². The van der Waals surface area contributed by atoms with E-state index in [9.17, 15) is 0 Å². The average molecular weight is 174 g/mol. The number of hydrogen-bond acceptors (Lipinski definition) is 1. The summed E-state index contributed by atoms with van der Waals surface area (Å²) in [7, 11) is -3.13. The molecule has 0 unspecified atom stereocenters. The Labute approximate surface area is 89.9 Å². The summed E-state index contributed by atoms with van der Waals surface area (Å²) in [4.78, 5) is 14.3. The Hall–Kier alpha value is 1.77. The van der Waals surface area contributed by atoms with Crippen LogP contribution in [0.2, 0.25) is 0 Å². The van der Waals surface area contributed by atoms with Crippen LogP contribution >= 0.6 is 0 Å². The Morgan fingerprint density at radius 1 is 1.33 bits per heavy atom. The molecule has 3 nitrogen and oxygen atoms in total. The van der Waals surface area contributed by atoms with E-state index < -0.39 is 9.17 Å². The molecule has 0 bridgehead atoms. The van der Waals surface area contributed by atoms with Crippen LogP contribution in [0.5, 0.6) is 0 Å². The summed E-state index contributed by atoms with van der Waals surface area (Å²) >= 11 is 0.